The molecule has 0 unspecified atom stereocenters. The Morgan fingerprint density at radius 3 is 2.75 bits per heavy atom. The number of hydrogen-bond acceptors (Lipinski definition) is 2. The Labute approximate surface area is 122 Å². The number of anilines is 1. The number of aliphatic imine (C=N–C) groups is 1. The van der Waals surface area contributed by atoms with Crippen LogP contribution in [0.25, 0.3) is 0 Å². The molecule has 112 valence electrons. The lowest BCUT2D eigenvalue weighted by Gasteiger charge is -2.19. The standard InChI is InChI=1S/C13H16F3N3.ClH/c1-2-7-17-12-6-8-19(18-12)11-5-3-4-10(9-11)13(14,15)16;/h3-5,9H,2,6-8H2,1H3,(H,17,18);1H. The maximum absolute atomic E-state index is 12.6. The number of rotatable bonds is 3. The summed E-state index contributed by atoms with van der Waals surface area (Å²) in [6.07, 6.45) is -2.63. The summed E-state index contributed by atoms with van der Waals surface area (Å²) in [5.41, 5.74) is 2.91. The summed E-state index contributed by atoms with van der Waals surface area (Å²) in [5, 5.41) is 1.70. The van der Waals surface area contributed by atoms with Gasteiger partial charge in [-0.2, -0.15) is 13.2 Å². The third-order valence-corrected chi connectivity index (χ3v) is 2.85. The van der Waals surface area contributed by atoms with Gasteiger partial charge in [-0.1, -0.05) is 13.0 Å². The van der Waals surface area contributed by atoms with Crippen LogP contribution in [0, 0.1) is 0 Å². The number of alkyl halides is 3. The summed E-state index contributed by atoms with van der Waals surface area (Å²) < 4.78 is 37.9. The van der Waals surface area contributed by atoms with Crippen molar-refractivity contribution in [3.63, 3.8) is 0 Å². The van der Waals surface area contributed by atoms with Crippen LogP contribution in [0.15, 0.2) is 29.3 Å². The lowest BCUT2D eigenvalue weighted by Crippen LogP contribution is -2.33. The van der Waals surface area contributed by atoms with Gasteiger partial charge in [0.05, 0.1) is 11.3 Å². The highest BCUT2D eigenvalue weighted by Crippen LogP contribution is 2.31. The van der Waals surface area contributed by atoms with Crippen LogP contribution in [0.1, 0.15) is 25.3 Å². The first kappa shape index (κ1) is 16.6. The molecule has 0 amide bonds. The number of nitrogens with one attached hydrogen (secondary N) is 1. The van der Waals surface area contributed by atoms with Crippen molar-refractivity contribution in [3.05, 3.63) is 29.8 Å². The smallest absolute Gasteiger partial charge is 0.286 e. The van der Waals surface area contributed by atoms with Gasteiger partial charge in [0, 0.05) is 19.5 Å². The summed E-state index contributed by atoms with van der Waals surface area (Å²) in [5.74, 6) is 0.833. The molecule has 1 aliphatic heterocycles. The third kappa shape index (κ3) is 4.03. The van der Waals surface area contributed by atoms with E-state index >= 15 is 0 Å². The highest BCUT2D eigenvalue weighted by Gasteiger charge is 2.31. The molecular weight excluding hydrogens is 291 g/mol. The monoisotopic (exact) mass is 307 g/mol. The van der Waals surface area contributed by atoms with Crippen LogP contribution in [-0.2, 0) is 6.18 Å². The van der Waals surface area contributed by atoms with Gasteiger partial charge in [0.25, 0.3) is 0 Å². The van der Waals surface area contributed by atoms with Gasteiger partial charge >= 0.3 is 6.18 Å². The fourth-order valence-electron chi connectivity index (χ4n) is 1.89. The molecule has 0 saturated carbocycles. The molecule has 0 bridgehead atoms. The average molecular weight is 308 g/mol. The van der Waals surface area contributed by atoms with E-state index in [0.29, 0.717) is 12.2 Å². The van der Waals surface area contributed by atoms with E-state index in [1.807, 2.05) is 6.92 Å². The zero-order valence-corrected chi connectivity index (χ0v) is 11.9. The van der Waals surface area contributed by atoms with Gasteiger partial charge in [-0.3, -0.25) is 15.4 Å². The van der Waals surface area contributed by atoms with Crippen molar-refractivity contribution in [2.24, 2.45) is 4.99 Å². The molecule has 3 nitrogen and oxygen atoms in total. The predicted molar refractivity (Wildman–Crippen MR) is 76.4 cm³/mol. The maximum Gasteiger partial charge on any atom is 0.416 e. The molecule has 1 N–H and O–H groups in total. The molecule has 2 rings (SSSR count). The molecule has 1 heterocycles. The minimum atomic E-state index is -4.31. The van der Waals surface area contributed by atoms with E-state index < -0.39 is 11.7 Å². The summed E-state index contributed by atoms with van der Waals surface area (Å²) in [6.45, 7) is 3.40. The lowest BCUT2D eigenvalue weighted by molar-refractivity contribution is -0.137. The Morgan fingerprint density at radius 2 is 2.10 bits per heavy atom. The molecule has 0 aromatic heterocycles. The Balaban J connectivity index is 0.00000200. The van der Waals surface area contributed by atoms with E-state index in [-0.39, 0.29) is 12.4 Å². The van der Waals surface area contributed by atoms with Crippen LogP contribution < -0.4 is 10.4 Å². The van der Waals surface area contributed by atoms with E-state index in [0.717, 1.165) is 37.4 Å². The first-order chi connectivity index (χ1) is 9.00. The molecule has 0 atom stereocenters. The van der Waals surface area contributed by atoms with Crippen molar-refractivity contribution in [2.45, 2.75) is 25.9 Å². The molecule has 1 fully saturated rings. The molecule has 20 heavy (non-hydrogen) atoms. The van der Waals surface area contributed by atoms with Crippen molar-refractivity contribution in [1.82, 2.24) is 5.43 Å². The maximum atomic E-state index is 12.6. The van der Waals surface area contributed by atoms with Crippen LogP contribution in [0.5, 0.6) is 0 Å². The SMILES string of the molecule is CCCN=C1CCN(c2cccc(C(F)(F)F)c2)N1.Cl. The summed E-state index contributed by atoms with van der Waals surface area (Å²) in [4.78, 5) is 4.33. The van der Waals surface area contributed by atoms with Crippen LogP contribution in [0.2, 0.25) is 0 Å². The van der Waals surface area contributed by atoms with Crippen LogP contribution >= 0.6 is 12.4 Å². The van der Waals surface area contributed by atoms with Crippen LogP contribution in [0.4, 0.5) is 18.9 Å². The molecule has 0 aliphatic carbocycles. The summed E-state index contributed by atoms with van der Waals surface area (Å²) in [7, 11) is 0. The Morgan fingerprint density at radius 1 is 1.35 bits per heavy atom. The normalized spacial score (nSPS) is 17.0. The number of nitrogens with zero attached hydrogens (tertiary/aromatic N) is 2. The average Bonchev–Trinajstić information content (AvgIpc) is 2.84. The minimum Gasteiger partial charge on any atom is -0.286 e. The van der Waals surface area contributed by atoms with E-state index in [9.17, 15) is 13.2 Å². The van der Waals surface area contributed by atoms with Gasteiger partial charge in [0.15, 0.2) is 0 Å². The molecule has 0 radical (unpaired) electrons. The van der Waals surface area contributed by atoms with Crippen LogP contribution in [0.3, 0.4) is 0 Å². The second-order valence-electron chi connectivity index (χ2n) is 4.39. The van der Waals surface area contributed by atoms with E-state index in [2.05, 4.69) is 10.4 Å². The molecule has 1 aromatic carbocycles. The third-order valence-electron chi connectivity index (χ3n) is 2.85. The zero-order chi connectivity index (χ0) is 13.9. The molecule has 7 heteroatoms. The zero-order valence-electron chi connectivity index (χ0n) is 11.1. The number of amidine groups is 1. The van der Waals surface area contributed by atoms with Crippen molar-refractivity contribution in [1.29, 1.82) is 0 Å². The largest absolute Gasteiger partial charge is 0.416 e. The van der Waals surface area contributed by atoms with Crippen molar-refractivity contribution in [3.8, 4) is 0 Å². The van der Waals surface area contributed by atoms with Crippen LogP contribution in [-0.4, -0.2) is 18.9 Å². The highest BCUT2D eigenvalue weighted by molar-refractivity contribution is 5.87. The number of hydrogen-bond donors (Lipinski definition) is 1. The predicted octanol–water partition coefficient (Wildman–Crippen LogP) is 3.65. The topological polar surface area (TPSA) is 27.6 Å². The second kappa shape index (κ2) is 6.83. The fraction of sp³-hybridized carbons (Fsp3) is 0.462. The second-order valence-corrected chi connectivity index (χ2v) is 4.39. The first-order valence-electron chi connectivity index (χ1n) is 6.25. The first-order valence-corrected chi connectivity index (χ1v) is 6.25. The van der Waals surface area contributed by atoms with E-state index in [1.165, 1.54) is 6.07 Å². The molecule has 0 spiro atoms. The van der Waals surface area contributed by atoms with E-state index in [4.69, 9.17) is 0 Å². The highest BCUT2D eigenvalue weighted by atomic mass is 35.5. The lowest BCUT2D eigenvalue weighted by atomic mass is 10.2. The number of benzene rings is 1. The van der Waals surface area contributed by atoms with Gasteiger partial charge in [-0.25, -0.2) is 0 Å². The van der Waals surface area contributed by atoms with Gasteiger partial charge in [-0.05, 0) is 24.6 Å². The molecule has 1 saturated heterocycles. The van der Waals surface area contributed by atoms with Gasteiger partial charge in [0.1, 0.15) is 5.84 Å². The Hall–Kier alpha value is -1.43. The van der Waals surface area contributed by atoms with Gasteiger partial charge in [-0.15, -0.1) is 12.4 Å². The van der Waals surface area contributed by atoms with Gasteiger partial charge in [0.2, 0.25) is 0 Å². The minimum absolute atomic E-state index is 0. The van der Waals surface area contributed by atoms with Crippen molar-refractivity contribution in [2.75, 3.05) is 18.1 Å². The Bertz CT molecular complexity index is 474. The fourth-order valence-corrected chi connectivity index (χ4v) is 1.89. The molecule has 1 aromatic rings. The summed E-state index contributed by atoms with van der Waals surface area (Å²) >= 11 is 0. The van der Waals surface area contributed by atoms with Gasteiger partial charge < -0.3 is 0 Å². The number of hydrazine groups is 1. The quantitative estimate of drug-likeness (QED) is 0.923. The molecular formula is C13H17ClF3N3. The number of halogens is 4. The van der Waals surface area contributed by atoms with Crippen molar-refractivity contribution >= 4 is 23.9 Å². The Kier molecular flexibility index (Phi) is 5.68. The van der Waals surface area contributed by atoms with E-state index in [1.54, 1.807) is 11.1 Å². The molecule has 1 aliphatic rings. The van der Waals surface area contributed by atoms with Crippen molar-refractivity contribution < 1.29 is 13.2 Å². The summed E-state index contributed by atoms with van der Waals surface area (Å²) in [6, 6.07) is 5.30.